The van der Waals surface area contributed by atoms with Gasteiger partial charge in [-0.15, -0.1) is 0 Å². The van der Waals surface area contributed by atoms with Crippen molar-refractivity contribution in [3.63, 3.8) is 0 Å². The van der Waals surface area contributed by atoms with Gasteiger partial charge in [0.25, 0.3) is 5.22 Å². The van der Waals surface area contributed by atoms with Gasteiger partial charge in [0.15, 0.2) is 0 Å². The highest BCUT2D eigenvalue weighted by Crippen LogP contribution is 2.37. The Balaban J connectivity index is 1.92. The van der Waals surface area contributed by atoms with E-state index in [1.54, 1.807) is 6.20 Å². The van der Waals surface area contributed by atoms with E-state index in [4.69, 9.17) is 10.2 Å². The van der Waals surface area contributed by atoms with Crippen LogP contribution in [0.1, 0.15) is 12.8 Å². The van der Waals surface area contributed by atoms with Crippen LogP contribution in [-0.4, -0.2) is 28.0 Å². The van der Waals surface area contributed by atoms with Crippen molar-refractivity contribution < 1.29 is 9.52 Å². The molecule has 1 aromatic heterocycles. The van der Waals surface area contributed by atoms with Gasteiger partial charge in [0.05, 0.1) is 18.1 Å². The Hall–Kier alpha value is -0.520. The van der Waals surface area contributed by atoms with E-state index in [-0.39, 0.29) is 17.9 Å². The predicted molar refractivity (Wildman–Crippen MR) is 53.9 cm³/mol. The third-order valence-electron chi connectivity index (χ3n) is 2.44. The molecule has 2 unspecified atom stereocenters. The van der Waals surface area contributed by atoms with Crippen molar-refractivity contribution in [3.8, 4) is 0 Å². The lowest BCUT2D eigenvalue weighted by Crippen LogP contribution is -2.36. The molecule has 0 radical (unpaired) electrons. The van der Waals surface area contributed by atoms with Gasteiger partial charge in [-0.3, -0.25) is 0 Å². The second-order valence-corrected chi connectivity index (χ2v) is 4.74. The maximum atomic E-state index is 9.20. The minimum absolute atomic E-state index is 0.00106. The van der Waals surface area contributed by atoms with Crippen LogP contribution < -0.4 is 5.73 Å². The summed E-state index contributed by atoms with van der Waals surface area (Å²) in [5, 5.41) is 9.79. The van der Waals surface area contributed by atoms with Crippen LogP contribution in [0.25, 0.3) is 0 Å². The molecule has 78 valence electrons. The monoisotopic (exact) mass is 214 g/mol. The number of oxazole rings is 1. The smallest absolute Gasteiger partial charge is 0.255 e. The summed E-state index contributed by atoms with van der Waals surface area (Å²) in [5.74, 6) is 0.578. The van der Waals surface area contributed by atoms with Gasteiger partial charge in [0, 0.05) is 6.04 Å². The van der Waals surface area contributed by atoms with Crippen molar-refractivity contribution in [2.75, 3.05) is 6.61 Å². The maximum absolute atomic E-state index is 9.20. The van der Waals surface area contributed by atoms with E-state index in [0.717, 1.165) is 0 Å². The lowest BCUT2D eigenvalue weighted by Gasteiger charge is -2.19. The molecule has 0 saturated heterocycles. The second kappa shape index (κ2) is 4.33. The molecule has 0 aliphatic heterocycles. The molecule has 5 heteroatoms. The summed E-state index contributed by atoms with van der Waals surface area (Å²) in [6, 6.07) is 0.0527. The Kier molecular flexibility index (Phi) is 3.10. The van der Waals surface area contributed by atoms with Crippen LogP contribution in [0.15, 0.2) is 22.1 Å². The zero-order valence-electron chi connectivity index (χ0n) is 7.80. The molecule has 3 N–H and O–H groups in total. The van der Waals surface area contributed by atoms with Crippen molar-refractivity contribution in [3.05, 3.63) is 12.5 Å². The molecule has 4 nitrogen and oxygen atoms in total. The van der Waals surface area contributed by atoms with E-state index < -0.39 is 0 Å². The van der Waals surface area contributed by atoms with E-state index in [0.29, 0.717) is 11.1 Å². The summed E-state index contributed by atoms with van der Waals surface area (Å²) in [4.78, 5) is 4.00. The lowest BCUT2D eigenvalue weighted by atomic mass is 10.1. The summed E-state index contributed by atoms with van der Waals surface area (Å²) in [5.41, 5.74) is 6.00. The molecule has 1 fully saturated rings. The number of hydrogen-bond acceptors (Lipinski definition) is 5. The van der Waals surface area contributed by atoms with Gasteiger partial charge in [-0.1, -0.05) is 11.8 Å². The zero-order valence-corrected chi connectivity index (χ0v) is 8.61. The topological polar surface area (TPSA) is 72.3 Å². The fraction of sp³-hybridized carbons (Fsp3) is 0.667. The van der Waals surface area contributed by atoms with Gasteiger partial charge >= 0.3 is 0 Å². The van der Waals surface area contributed by atoms with Gasteiger partial charge in [0.1, 0.15) is 6.26 Å². The first kappa shape index (κ1) is 10.0. The summed E-state index contributed by atoms with van der Waals surface area (Å²) >= 11 is 1.42. The van der Waals surface area contributed by atoms with Crippen LogP contribution in [0, 0.1) is 5.92 Å². The van der Waals surface area contributed by atoms with Crippen LogP contribution in [0.5, 0.6) is 0 Å². The number of aliphatic hydroxyl groups is 1. The number of thioether (sulfide) groups is 1. The van der Waals surface area contributed by atoms with Crippen molar-refractivity contribution in [1.29, 1.82) is 0 Å². The first-order chi connectivity index (χ1) is 6.81. The van der Waals surface area contributed by atoms with Crippen LogP contribution >= 0.6 is 11.8 Å². The molecule has 0 bridgehead atoms. The molecule has 14 heavy (non-hydrogen) atoms. The minimum atomic E-state index is 0.00106. The van der Waals surface area contributed by atoms with Gasteiger partial charge in [0.2, 0.25) is 0 Å². The molecule has 2 rings (SSSR count). The normalized spacial score (nSPS) is 20.7. The molecular weight excluding hydrogens is 200 g/mol. The van der Waals surface area contributed by atoms with E-state index in [1.165, 1.54) is 30.9 Å². The Morgan fingerprint density at radius 2 is 2.50 bits per heavy atom. The van der Waals surface area contributed by atoms with Gasteiger partial charge in [-0.2, -0.15) is 0 Å². The predicted octanol–water partition coefficient (Wildman–Crippen LogP) is 0.865. The number of aliphatic hydroxyl groups excluding tert-OH is 1. The minimum Gasteiger partial charge on any atom is -0.440 e. The average Bonchev–Trinajstić information content (AvgIpc) is 2.93. The third-order valence-corrected chi connectivity index (χ3v) is 3.61. The van der Waals surface area contributed by atoms with Crippen LogP contribution in [0.3, 0.4) is 0 Å². The highest BCUT2D eigenvalue weighted by atomic mass is 32.2. The molecule has 2 atom stereocenters. The first-order valence-corrected chi connectivity index (χ1v) is 5.62. The summed E-state index contributed by atoms with van der Waals surface area (Å²) in [7, 11) is 0. The Morgan fingerprint density at radius 1 is 1.71 bits per heavy atom. The van der Waals surface area contributed by atoms with Gasteiger partial charge < -0.3 is 15.3 Å². The third kappa shape index (κ3) is 2.29. The van der Waals surface area contributed by atoms with Crippen molar-refractivity contribution in [1.82, 2.24) is 4.98 Å². The number of rotatable bonds is 5. The van der Waals surface area contributed by atoms with Gasteiger partial charge in [-0.05, 0) is 18.8 Å². The average molecular weight is 214 g/mol. The van der Waals surface area contributed by atoms with E-state index >= 15 is 0 Å². The quantitative estimate of drug-likeness (QED) is 0.711. The molecule has 0 spiro atoms. The Labute approximate surface area is 86.9 Å². The summed E-state index contributed by atoms with van der Waals surface area (Å²) in [6.45, 7) is 0.0741. The largest absolute Gasteiger partial charge is 0.440 e. The highest BCUT2D eigenvalue weighted by molar-refractivity contribution is 7.99. The molecular formula is C9H14N2O2S. The van der Waals surface area contributed by atoms with E-state index in [9.17, 15) is 5.11 Å². The number of aromatic nitrogens is 1. The van der Waals surface area contributed by atoms with Gasteiger partial charge in [-0.25, -0.2) is 4.98 Å². The number of hydrogen-bond donors (Lipinski definition) is 2. The second-order valence-electron chi connectivity index (χ2n) is 3.55. The summed E-state index contributed by atoms with van der Waals surface area (Å²) < 4.78 is 5.10. The van der Waals surface area contributed by atoms with Crippen molar-refractivity contribution in [2.24, 2.45) is 11.7 Å². The maximum Gasteiger partial charge on any atom is 0.255 e. The Morgan fingerprint density at radius 3 is 3.00 bits per heavy atom. The number of nitrogens with two attached hydrogens (primary N) is 1. The molecule has 1 aliphatic rings. The Bertz CT molecular complexity index is 274. The molecule has 1 aliphatic carbocycles. The van der Waals surface area contributed by atoms with Crippen molar-refractivity contribution >= 4 is 11.8 Å². The molecule has 1 heterocycles. The fourth-order valence-electron chi connectivity index (χ4n) is 1.42. The first-order valence-electron chi connectivity index (χ1n) is 4.74. The van der Waals surface area contributed by atoms with E-state index in [1.807, 2.05) is 0 Å². The highest BCUT2D eigenvalue weighted by Gasteiger charge is 2.34. The zero-order chi connectivity index (χ0) is 9.97. The molecule has 0 aromatic carbocycles. The van der Waals surface area contributed by atoms with E-state index in [2.05, 4.69) is 4.98 Å². The SMILES string of the molecule is NC(C1CC1)C(CO)Sc1ncco1. The molecule has 0 amide bonds. The lowest BCUT2D eigenvalue weighted by molar-refractivity contribution is 0.276. The van der Waals surface area contributed by atoms with Crippen LogP contribution in [0.2, 0.25) is 0 Å². The molecule has 1 saturated carbocycles. The van der Waals surface area contributed by atoms with Crippen molar-refractivity contribution in [2.45, 2.75) is 29.4 Å². The number of nitrogens with zero attached hydrogens (tertiary/aromatic N) is 1. The summed E-state index contributed by atoms with van der Waals surface area (Å²) in [6.07, 6.45) is 5.49. The van der Waals surface area contributed by atoms with Crippen LogP contribution in [-0.2, 0) is 0 Å². The fourth-order valence-corrected chi connectivity index (χ4v) is 2.37. The molecule has 1 aromatic rings. The van der Waals surface area contributed by atoms with Crippen LogP contribution in [0.4, 0.5) is 0 Å². The standard InChI is InChI=1S/C9H14N2O2S/c10-8(6-1-2-6)7(5-12)14-9-11-3-4-13-9/h3-4,6-8,12H,1-2,5,10H2.